The van der Waals surface area contributed by atoms with E-state index in [1.54, 1.807) is 42.3 Å². The lowest BCUT2D eigenvalue weighted by Gasteiger charge is -2.13. The number of benzene rings is 3. The van der Waals surface area contributed by atoms with Gasteiger partial charge in [-0.2, -0.15) is 5.10 Å². The zero-order valence-electron chi connectivity index (χ0n) is 19.7. The Hall–Kier alpha value is -4.92. The Morgan fingerprint density at radius 2 is 1.61 bits per heavy atom. The molecule has 0 bridgehead atoms. The predicted molar refractivity (Wildman–Crippen MR) is 134 cm³/mol. The van der Waals surface area contributed by atoms with Gasteiger partial charge in [0.15, 0.2) is 6.10 Å². The van der Waals surface area contributed by atoms with Crippen molar-refractivity contribution in [2.45, 2.75) is 13.0 Å². The van der Waals surface area contributed by atoms with E-state index in [1.165, 1.54) is 31.2 Å². The molecular weight excluding hydrogens is 460 g/mol. The third kappa shape index (κ3) is 5.41. The van der Waals surface area contributed by atoms with Gasteiger partial charge in [-0.15, -0.1) is 0 Å². The molecule has 3 N–H and O–H groups in total. The van der Waals surface area contributed by atoms with Gasteiger partial charge in [0, 0.05) is 23.0 Å². The van der Waals surface area contributed by atoms with Crippen LogP contribution in [-0.2, 0) is 9.53 Å². The molecule has 4 aromatic rings. The number of hydrogen-bond donors (Lipinski definition) is 2. The van der Waals surface area contributed by atoms with Crippen LogP contribution in [0.1, 0.15) is 27.6 Å². The smallest absolute Gasteiger partial charge is 0.342 e. The summed E-state index contributed by atoms with van der Waals surface area (Å²) in [5, 5.41) is 7.26. The molecule has 0 aliphatic heterocycles. The Labute approximate surface area is 207 Å². The zero-order chi connectivity index (χ0) is 25.7. The van der Waals surface area contributed by atoms with Crippen molar-refractivity contribution >= 4 is 23.5 Å². The molecule has 0 fully saturated rings. The Morgan fingerprint density at radius 3 is 2.22 bits per heavy atom. The summed E-state index contributed by atoms with van der Waals surface area (Å²) in [6, 6.07) is 22.5. The first kappa shape index (κ1) is 24.2. The van der Waals surface area contributed by atoms with Crippen LogP contribution in [0.4, 0.5) is 5.69 Å². The number of ether oxygens (including phenoxy) is 2. The molecule has 1 heterocycles. The average molecular weight is 485 g/mol. The standard InChI is InChI=1S/C27H24N4O5/c1-17(26(33)29-20-12-8-19(9-13-20)25(28)32)36-27(34)23-16-31(21-6-4-3-5-7-21)30-24(23)18-10-14-22(35-2)15-11-18/h3-17H,1-2H3,(H2,28,32)(H,29,33)/t17-/m1/s1. The predicted octanol–water partition coefficient (Wildman–Crippen LogP) is 3.83. The largest absolute Gasteiger partial charge is 0.497 e. The first-order chi connectivity index (χ1) is 17.4. The van der Waals surface area contributed by atoms with E-state index in [9.17, 15) is 14.4 Å². The van der Waals surface area contributed by atoms with Gasteiger partial charge in [0.2, 0.25) is 5.91 Å². The molecule has 9 heteroatoms. The molecule has 36 heavy (non-hydrogen) atoms. The number of esters is 1. The summed E-state index contributed by atoms with van der Waals surface area (Å²) in [5.74, 6) is -1.13. The highest BCUT2D eigenvalue weighted by Crippen LogP contribution is 2.27. The van der Waals surface area contributed by atoms with Gasteiger partial charge in [-0.05, 0) is 67.6 Å². The van der Waals surface area contributed by atoms with Crippen molar-refractivity contribution in [3.63, 3.8) is 0 Å². The maximum absolute atomic E-state index is 13.2. The van der Waals surface area contributed by atoms with Crippen molar-refractivity contribution in [1.29, 1.82) is 0 Å². The molecule has 0 saturated carbocycles. The van der Waals surface area contributed by atoms with Crippen molar-refractivity contribution < 1.29 is 23.9 Å². The molecule has 0 aliphatic carbocycles. The number of para-hydroxylation sites is 1. The lowest BCUT2D eigenvalue weighted by Crippen LogP contribution is -2.30. The fourth-order valence-corrected chi connectivity index (χ4v) is 3.44. The van der Waals surface area contributed by atoms with Crippen LogP contribution in [0.5, 0.6) is 5.75 Å². The van der Waals surface area contributed by atoms with Crippen LogP contribution in [-0.4, -0.2) is 40.8 Å². The molecule has 2 amide bonds. The summed E-state index contributed by atoms with van der Waals surface area (Å²) < 4.78 is 12.3. The zero-order valence-corrected chi connectivity index (χ0v) is 19.7. The first-order valence-corrected chi connectivity index (χ1v) is 11.1. The minimum absolute atomic E-state index is 0.203. The second-order valence-electron chi connectivity index (χ2n) is 7.88. The quantitative estimate of drug-likeness (QED) is 0.366. The van der Waals surface area contributed by atoms with Gasteiger partial charge in [-0.25, -0.2) is 9.48 Å². The monoisotopic (exact) mass is 484 g/mol. The van der Waals surface area contributed by atoms with E-state index in [4.69, 9.17) is 15.2 Å². The van der Waals surface area contributed by atoms with Crippen molar-refractivity contribution in [1.82, 2.24) is 9.78 Å². The first-order valence-electron chi connectivity index (χ1n) is 11.1. The average Bonchev–Trinajstić information content (AvgIpc) is 3.35. The molecule has 182 valence electrons. The maximum atomic E-state index is 13.2. The highest BCUT2D eigenvalue weighted by molar-refractivity contribution is 6.00. The third-order valence-electron chi connectivity index (χ3n) is 5.41. The van der Waals surface area contributed by atoms with E-state index in [2.05, 4.69) is 10.4 Å². The number of methoxy groups -OCH3 is 1. The summed E-state index contributed by atoms with van der Waals surface area (Å²) in [6.07, 6.45) is 0.474. The molecule has 0 radical (unpaired) electrons. The highest BCUT2D eigenvalue weighted by atomic mass is 16.5. The molecule has 0 unspecified atom stereocenters. The van der Waals surface area contributed by atoms with Crippen LogP contribution in [0.15, 0.2) is 85.1 Å². The van der Waals surface area contributed by atoms with Crippen LogP contribution < -0.4 is 15.8 Å². The highest BCUT2D eigenvalue weighted by Gasteiger charge is 2.24. The number of nitrogens with one attached hydrogen (secondary N) is 1. The number of aromatic nitrogens is 2. The fraction of sp³-hybridized carbons (Fsp3) is 0.111. The van der Waals surface area contributed by atoms with Crippen molar-refractivity contribution in [2.75, 3.05) is 12.4 Å². The molecule has 3 aromatic carbocycles. The number of nitrogens with zero attached hydrogens (tertiary/aromatic N) is 2. The van der Waals surface area contributed by atoms with Gasteiger partial charge in [0.1, 0.15) is 17.0 Å². The van der Waals surface area contributed by atoms with Crippen molar-refractivity contribution in [3.05, 3.63) is 96.2 Å². The molecule has 4 rings (SSSR count). The van der Waals surface area contributed by atoms with E-state index in [-0.39, 0.29) is 5.56 Å². The molecule has 1 atom stereocenters. The van der Waals surface area contributed by atoms with Crippen LogP contribution >= 0.6 is 0 Å². The van der Waals surface area contributed by atoms with E-state index < -0.39 is 23.9 Å². The minimum atomic E-state index is -1.10. The van der Waals surface area contributed by atoms with Crippen LogP contribution in [0.25, 0.3) is 16.9 Å². The fourth-order valence-electron chi connectivity index (χ4n) is 3.44. The summed E-state index contributed by atoms with van der Waals surface area (Å²) in [5.41, 5.74) is 8.03. The van der Waals surface area contributed by atoms with Gasteiger partial charge in [-0.1, -0.05) is 18.2 Å². The van der Waals surface area contributed by atoms with E-state index in [0.29, 0.717) is 28.3 Å². The van der Waals surface area contributed by atoms with Gasteiger partial charge >= 0.3 is 5.97 Å². The number of nitrogens with two attached hydrogens (primary N) is 1. The molecule has 1 aromatic heterocycles. The Bertz CT molecular complexity index is 1380. The van der Waals surface area contributed by atoms with Gasteiger partial charge in [0.25, 0.3) is 5.91 Å². The van der Waals surface area contributed by atoms with Gasteiger partial charge in [0.05, 0.1) is 12.8 Å². The number of amides is 2. The molecule has 9 nitrogen and oxygen atoms in total. The lowest BCUT2D eigenvalue weighted by molar-refractivity contribution is -0.123. The lowest BCUT2D eigenvalue weighted by atomic mass is 10.1. The molecule has 0 saturated heterocycles. The molecular formula is C27H24N4O5. The Morgan fingerprint density at radius 1 is 0.944 bits per heavy atom. The molecule has 0 aliphatic rings. The van der Waals surface area contributed by atoms with Crippen molar-refractivity contribution in [2.24, 2.45) is 5.73 Å². The second-order valence-corrected chi connectivity index (χ2v) is 7.88. The minimum Gasteiger partial charge on any atom is -0.497 e. The summed E-state index contributed by atoms with van der Waals surface area (Å²) in [6.45, 7) is 1.47. The van der Waals surface area contributed by atoms with E-state index in [0.717, 1.165) is 5.69 Å². The van der Waals surface area contributed by atoms with Crippen LogP contribution in [0.3, 0.4) is 0 Å². The third-order valence-corrected chi connectivity index (χ3v) is 5.41. The number of carbonyl (C=O) groups excluding carboxylic acids is 3. The SMILES string of the molecule is COc1ccc(-c2nn(-c3ccccc3)cc2C(=O)O[C@H](C)C(=O)Nc2ccc(C(N)=O)cc2)cc1. The summed E-state index contributed by atoms with van der Waals surface area (Å²) in [4.78, 5) is 37.0. The topological polar surface area (TPSA) is 126 Å². The van der Waals surface area contributed by atoms with E-state index in [1.807, 2.05) is 30.3 Å². The number of rotatable bonds is 8. The summed E-state index contributed by atoms with van der Waals surface area (Å²) in [7, 11) is 1.57. The van der Waals surface area contributed by atoms with Gasteiger partial charge < -0.3 is 20.5 Å². The Balaban J connectivity index is 1.56. The van der Waals surface area contributed by atoms with Crippen LogP contribution in [0.2, 0.25) is 0 Å². The number of primary amides is 1. The Kier molecular flexibility index (Phi) is 7.10. The number of carbonyl (C=O) groups is 3. The normalized spacial score (nSPS) is 11.4. The summed E-state index contributed by atoms with van der Waals surface area (Å²) >= 11 is 0. The maximum Gasteiger partial charge on any atom is 0.342 e. The van der Waals surface area contributed by atoms with Crippen molar-refractivity contribution in [3.8, 4) is 22.7 Å². The molecule has 0 spiro atoms. The van der Waals surface area contributed by atoms with Gasteiger partial charge in [-0.3, -0.25) is 9.59 Å². The number of anilines is 1. The second kappa shape index (κ2) is 10.6. The van der Waals surface area contributed by atoms with E-state index >= 15 is 0 Å². The number of hydrogen-bond acceptors (Lipinski definition) is 6. The van der Waals surface area contributed by atoms with Crippen LogP contribution in [0, 0.1) is 0 Å².